The summed E-state index contributed by atoms with van der Waals surface area (Å²) in [5.74, 6) is 0.218. The Morgan fingerprint density at radius 2 is 1.02 bits per heavy atom. The number of aryl methyl sites for hydroxylation is 4. The molecule has 3 aromatic carbocycles. The Morgan fingerprint density at radius 3 is 1.36 bits per heavy atom. The number of hydrogen-bond donors (Lipinski definition) is 2. The number of carbonyl (C=O) groups excluding carboxylic acids is 2. The molecule has 0 saturated carbocycles. The van der Waals surface area contributed by atoms with Crippen LogP contribution < -0.4 is 9.47 Å². The van der Waals surface area contributed by atoms with Crippen LogP contribution in [0.2, 0.25) is 0 Å². The molecular weight excluding hydrogens is 651 g/mol. The van der Waals surface area contributed by atoms with E-state index in [0.717, 1.165) is 11.1 Å². The van der Waals surface area contributed by atoms with Gasteiger partial charge in [0.2, 0.25) is 0 Å². The Kier molecular flexibility index (Phi) is 9.76. The van der Waals surface area contributed by atoms with Crippen LogP contribution in [0.5, 0.6) is 23.0 Å². The van der Waals surface area contributed by atoms with Gasteiger partial charge in [-0.1, -0.05) is 24.3 Å². The Labute approximate surface area is 261 Å². The largest absolute Gasteiger partial charge is 0.514 e. The fourth-order valence-electron chi connectivity index (χ4n) is 4.71. The molecule has 0 atom stereocenters. The van der Waals surface area contributed by atoms with Gasteiger partial charge in [-0.05, 0) is 137 Å². The van der Waals surface area contributed by atoms with Gasteiger partial charge in [-0.15, -0.1) is 0 Å². The van der Waals surface area contributed by atoms with Gasteiger partial charge in [0.25, 0.3) is 0 Å². The maximum Gasteiger partial charge on any atom is 0.514 e. The van der Waals surface area contributed by atoms with Crippen molar-refractivity contribution < 1.29 is 38.7 Å². The van der Waals surface area contributed by atoms with Gasteiger partial charge >= 0.3 is 12.3 Å². The molecule has 0 aromatic heterocycles. The fraction of sp³-hybridized carbons (Fsp3) is 0.394. The molecule has 226 valence electrons. The second kappa shape index (κ2) is 12.4. The van der Waals surface area contributed by atoms with Gasteiger partial charge in [0.05, 0.1) is 3.57 Å². The molecular formula is C33H39IO8. The molecule has 2 N–H and O–H groups in total. The molecule has 0 amide bonds. The number of carbonyl (C=O) groups is 2. The van der Waals surface area contributed by atoms with Crippen molar-refractivity contribution in [3.8, 4) is 23.0 Å². The molecule has 0 unspecified atom stereocenters. The minimum atomic E-state index is -0.794. The molecule has 0 aliphatic carbocycles. The summed E-state index contributed by atoms with van der Waals surface area (Å²) in [7, 11) is 0. The minimum absolute atomic E-state index is 0.0488. The molecule has 9 heteroatoms. The van der Waals surface area contributed by atoms with E-state index in [2.05, 4.69) is 22.6 Å². The van der Waals surface area contributed by atoms with Gasteiger partial charge in [-0.2, -0.15) is 0 Å². The Balaban J connectivity index is 2.16. The lowest BCUT2D eigenvalue weighted by molar-refractivity contribution is 0.0190. The van der Waals surface area contributed by atoms with Crippen molar-refractivity contribution >= 4 is 34.9 Å². The van der Waals surface area contributed by atoms with Gasteiger partial charge < -0.3 is 29.2 Å². The van der Waals surface area contributed by atoms with Crippen molar-refractivity contribution in [3.63, 3.8) is 0 Å². The van der Waals surface area contributed by atoms with Gasteiger partial charge in [-0.25, -0.2) is 9.59 Å². The first-order chi connectivity index (χ1) is 19.3. The average molecular weight is 691 g/mol. The zero-order chi connectivity index (χ0) is 31.7. The molecule has 0 aliphatic rings. The van der Waals surface area contributed by atoms with Crippen molar-refractivity contribution in [2.45, 2.75) is 86.4 Å². The Bertz CT molecular complexity index is 1380. The number of phenolic OH excluding ortho intramolecular Hbond substituents is 2. The van der Waals surface area contributed by atoms with Crippen molar-refractivity contribution in [1.29, 1.82) is 0 Å². The molecule has 0 radical (unpaired) electrons. The molecule has 0 spiro atoms. The summed E-state index contributed by atoms with van der Waals surface area (Å²) in [5.41, 5.74) is 3.77. The summed E-state index contributed by atoms with van der Waals surface area (Å²) in [6.45, 7) is 18.0. The highest BCUT2D eigenvalue weighted by Crippen LogP contribution is 2.43. The van der Waals surface area contributed by atoms with E-state index in [9.17, 15) is 19.8 Å². The van der Waals surface area contributed by atoms with E-state index in [1.54, 1.807) is 47.6 Å². The van der Waals surface area contributed by atoms with Crippen molar-refractivity contribution in [3.05, 3.63) is 78.9 Å². The topological polar surface area (TPSA) is 112 Å². The number of phenols is 2. The molecule has 42 heavy (non-hydrogen) atoms. The number of benzene rings is 3. The summed E-state index contributed by atoms with van der Waals surface area (Å²) in [6.07, 6.45) is -1.59. The highest BCUT2D eigenvalue weighted by Gasteiger charge is 2.27. The molecule has 0 aliphatic heterocycles. The maximum absolute atomic E-state index is 12.4. The maximum atomic E-state index is 12.4. The van der Waals surface area contributed by atoms with Crippen molar-refractivity contribution in [1.82, 2.24) is 0 Å². The molecule has 3 aromatic rings. The molecule has 0 bridgehead atoms. The molecule has 0 saturated heterocycles. The average Bonchev–Trinajstić information content (AvgIpc) is 2.79. The van der Waals surface area contributed by atoms with Crippen LogP contribution >= 0.6 is 22.6 Å². The van der Waals surface area contributed by atoms with E-state index < -0.39 is 29.4 Å². The molecule has 0 fully saturated rings. The van der Waals surface area contributed by atoms with E-state index in [4.69, 9.17) is 18.9 Å². The quantitative estimate of drug-likeness (QED) is 0.118. The third-order valence-electron chi connectivity index (χ3n) is 6.16. The van der Waals surface area contributed by atoms with E-state index in [0.29, 0.717) is 42.9 Å². The fourth-order valence-corrected chi connectivity index (χ4v) is 5.33. The summed E-state index contributed by atoms with van der Waals surface area (Å²) < 4.78 is 22.4. The lowest BCUT2D eigenvalue weighted by Gasteiger charge is -2.25. The third kappa shape index (κ3) is 8.30. The second-order valence-electron chi connectivity index (χ2n) is 12.4. The predicted molar refractivity (Wildman–Crippen MR) is 169 cm³/mol. The standard InChI is InChI=1S/C33H39IO8/c1-17-11-21(12-18(2)28(17)39-30(37)41-32(5,6)7)26(24-15-23(35)16-25(36)27(24)34)22-13-19(3)29(20(4)14-22)40-31(38)42-33(8,9)10/h11-16,26,35-36H,1-10H3. The predicted octanol–water partition coefficient (Wildman–Crippen LogP) is 8.74. The van der Waals surface area contributed by atoms with Crippen LogP contribution in [0.4, 0.5) is 9.59 Å². The van der Waals surface area contributed by atoms with Crippen molar-refractivity contribution in [2.24, 2.45) is 0 Å². The number of aromatic hydroxyl groups is 2. The minimum Gasteiger partial charge on any atom is -0.508 e. The van der Waals surface area contributed by atoms with Crippen LogP contribution in [-0.2, 0) is 9.47 Å². The summed E-state index contributed by atoms with van der Waals surface area (Å²) >= 11 is 2.06. The van der Waals surface area contributed by atoms with Crippen LogP contribution in [0.1, 0.15) is 86.4 Å². The van der Waals surface area contributed by atoms with E-state index in [1.807, 2.05) is 52.0 Å². The van der Waals surface area contributed by atoms with E-state index in [1.165, 1.54) is 6.07 Å². The number of hydrogen-bond acceptors (Lipinski definition) is 8. The van der Waals surface area contributed by atoms with Gasteiger partial charge in [-0.3, -0.25) is 0 Å². The number of ether oxygens (including phenoxy) is 4. The van der Waals surface area contributed by atoms with E-state index in [-0.39, 0.29) is 11.5 Å². The Morgan fingerprint density at radius 1 is 0.667 bits per heavy atom. The highest BCUT2D eigenvalue weighted by molar-refractivity contribution is 14.1. The summed E-state index contributed by atoms with van der Waals surface area (Å²) in [6, 6.07) is 10.5. The molecule has 3 rings (SSSR count). The normalized spacial score (nSPS) is 11.8. The summed E-state index contributed by atoms with van der Waals surface area (Å²) in [5, 5.41) is 21.0. The van der Waals surface area contributed by atoms with Gasteiger partial charge in [0, 0.05) is 12.0 Å². The molecule has 0 heterocycles. The highest BCUT2D eigenvalue weighted by atomic mass is 127. The van der Waals surface area contributed by atoms with Gasteiger partial charge in [0.1, 0.15) is 34.2 Å². The zero-order valence-electron chi connectivity index (χ0n) is 25.8. The first kappa shape index (κ1) is 33.0. The lowest BCUT2D eigenvalue weighted by atomic mass is 9.82. The second-order valence-corrected chi connectivity index (χ2v) is 13.5. The Hall–Kier alpha value is -3.47. The molecule has 8 nitrogen and oxygen atoms in total. The third-order valence-corrected chi connectivity index (χ3v) is 7.33. The number of halogens is 1. The lowest BCUT2D eigenvalue weighted by Crippen LogP contribution is -2.26. The van der Waals surface area contributed by atoms with Crippen LogP contribution in [0.15, 0.2) is 36.4 Å². The SMILES string of the molecule is Cc1cc(C(c2cc(C)c(OC(=O)OC(C)(C)C)c(C)c2)c2cc(O)cc(O)c2I)cc(C)c1OC(=O)OC(C)(C)C. The van der Waals surface area contributed by atoms with Crippen LogP contribution in [0.25, 0.3) is 0 Å². The first-order valence-electron chi connectivity index (χ1n) is 13.5. The van der Waals surface area contributed by atoms with Crippen molar-refractivity contribution in [2.75, 3.05) is 0 Å². The first-order valence-corrected chi connectivity index (χ1v) is 14.6. The van der Waals surface area contributed by atoms with Crippen LogP contribution in [-0.4, -0.2) is 33.7 Å². The zero-order valence-corrected chi connectivity index (χ0v) is 27.9. The number of rotatable bonds is 5. The van der Waals surface area contributed by atoms with Crippen LogP contribution in [0, 0.1) is 31.3 Å². The smallest absolute Gasteiger partial charge is 0.508 e. The monoisotopic (exact) mass is 690 g/mol. The van der Waals surface area contributed by atoms with Crippen LogP contribution in [0.3, 0.4) is 0 Å². The van der Waals surface area contributed by atoms with Gasteiger partial charge in [0.15, 0.2) is 0 Å². The summed E-state index contributed by atoms with van der Waals surface area (Å²) in [4.78, 5) is 24.9. The van der Waals surface area contributed by atoms with E-state index >= 15 is 0 Å².